The number of ether oxygens (including phenoxy) is 1. The van der Waals surface area contributed by atoms with Gasteiger partial charge < -0.3 is 20.5 Å². The molecule has 0 aliphatic carbocycles. The summed E-state index contributed by atoms with van der Waals surface area (Å²) >= 11 is 0.704. The highest BCUT2D eigenvalue weighted by Crippen LogP contribution is 2.48. The van der Waals surface area contributed by atoms with Gasteiger partial charge in [-0.2, -0.15) is 0 Å². The molecular weight excluding hydrogens is 408 g/mol. The number of rotatable bonds is 6. The maximum absolute atomic E-state index is 11.0. The van der Waals surface area contributed by atoms with Crippen molar-refractivity contribution in [2.24, 2.45) is 10.2 Å². The lowest BCUT2D eigenvalue weighted by Gasteiger charge is -2.12. The summed E-state index contributed by atoms with van der Waals surface area (Å²) in [5, 5.41) is 39.8. The fourth-order valence-corrected chi connectivity index (χ4v) is 3.85. The van der Waals surface area contributed by atoms with Crippen LogP contribution >= 0.6 is 12.0 Å². The molecule has 0 amide bonds. The van der Waals surface area contributed by atoms with Crippen LogP contribution in [0, 0.1) is 6.92 Å². The molecule has 1 aliphatic heterocycles. The molecule has 1 unspecified atom stereocenters. The first-order chi connectivity index (χ1) is 14.5. The topological polar surface area (TPSA) is 117 Å². The number of aromatic hydroxyl groups is 1. The summed E-state index contributed by atoms with van der Waals surface area (Å²) in [4.78, 5) is 0.402. The van der Waals surface area contributed by atoms with Crippen LogP contribution < -0.4 is 15.4 Å². The van der Waals surface area contributed by atoms with Gasteiger partial charge in [-0.05, 0) is 49.7 Å². The highest BCUT2D eigenvalue weighted by Gasteiger charge is 2.22. The Kier molecular flexibility index (Phi) is 5.64. The summed E-state index contributed by atoms with van der Waals surface area (Å²) in [7, 11) is 1.55. The minimum atomic E-state index is -0.0736. The first-order valence-electron chi connectivity index (χ1n) is 9.08. The lowest BCUT2D eigenvalue weighted by Crippen LogP contribution is -2.16. The van der Waals surface area contributed by atoms with Crippen molar-refractivity contribution in [3.8, 4) is 11.5 Å². The number of aryl methyl sites for hydroxylation is 1. The molecule has 156 valence electrons. The number of benzene rings is 3. The molecule has 0 radical (unpaired) electrons. The van der Waals surface area contributed by atoms with E-state index in [1.165, 1.54) is 0 Å². The molecule has 3 aromatic carbocycles. The molecule has 9 nitrogen and oxygen atoms in total. The normalized spacial score (nSPS) is 15.3. The van der Waals surface area contributed by atoms with Crippen LogP contribution in [0.15, 0.2) is 51.5 Å². The summed E-state index contributed by atoms with van der Waals surface area (Å²) in [6, 6.07) is 11.0. The lowest BCUT2D eigenvalue weighted by molar-refractivity contribution is -0.432. The highest BCUT2D eigenvalue weighted by molar-refractivity contribution is 7.94. The number of methoxy groups -OCH3 is 1. The highest BCUT2D eigenvalue weighted by atomic mass is 32.2. The zero-order chi connectivity index (χ0) is 21.3. The summed E-state index contributed by atoms with van der Waals surface area (Å²) < 4.78 is 9.97. The molecule has 1 heterocycles. The molecule has 1 aliphatic rings. The SMILES string of the molecule is COc1cc(C)ccc1N=Nc1c(SOOO)cc2c3c(ccc2c1O)NC(C)N3. The van der Waals surface area contributed by atoms with E-state index in [1.54, 1.807) is 25.3 Å². The predicted molar refractivity (Wildman–Crippen MR) is 115 cm³/mol. The van der Waals surface area contributed by atoms with Gasteiger partial charge in [0.1, 0.15) is 17.1 Å². The molecule has 0 aromatic heterocycles. The molecular formula is C20H20N4O5S. The Morgan fingerprint density at radius 2 is 1.90 bits per heavy atom. The van der Waals surface area contributed by atoms with Gasteiger partial charge >= 0.3 is 0 Å². The molecule has 0 spiro atoms. The second kappa shape index (κ2) is 8.36. The lowest BCUT2D eigenvalue weighted by atomic mass is 10.1. The van der Waals surface area contributed by atoms with Crippen molar-refractivity contribution in [2.45, 2.75) is 24.9 Å². The summed E-state index contributed by atoms with van der Waals surface area (Å²) in [6.45, 7) is 3.93. The van der Waals surface area contributed by atoms with Gasteiger partial charge in [0.25, 0.3) is 0 Å². The minimum absolute atomic E-state index is 0.0502. The zero-order valence-corrected chi connectivity index (χ0v) is 17.3. The average molecular weight is 428 g/mol. The van der Waals surface area contributed by atoms with Gasteiger partial charge in [0.15, 0.2) is 5.75 Å². The van der Waals surface area contributed by atoms with Crippen LogP contribution in [-0.2, 0) is 9.37 Å². The van der Waals surface area contributed by atoms with Gasteiger partial charge in [0.05, 0.1) is 41.6 Å². The Morgan fingerprint density at radius 1 is 1.07 bits per heavy atom. The third-order valence-corrected chi connectivity index (χ3v) is 5.33. The van der Waals surface area contributed by atoms with E-state index in [9.17, 15) is 5.11 Å². The molecule has 0 saturated heterocycles. The van der Waals surface area contributed by atoms with E-state index in [0.29, 0.717) is 33.8 Å². The number of phenols is 1. The largest absolute Gasteiger partial charge is 0.505 e. The third-order valence-electron chi connectivity index (χ3n) is 4.71. The van der Waals surface area contributed by atoms with E-state index in [2.05, 4.69) is 30.2 Å². The van der Waals surface area contributed by atoms with Crippen LogP contribution in [0.1, 0.15) is 12.5 Å². The Labute approximate surface area is 176 Å². The molecule has 3 aromatic rings. The first kappa shape index (κ1) is 20.2. The van der Waals surface area contributed by atoms with Gasteiger partial charge in [0, 0.05) is 10.8 Å². The van der Waals surface area contributed by atoms with Gasteiger partial charge in [-0.3, -0.25) is 0 Å². The third kappa shape index (κ3) is 3.73. The minimum Gasteiger partial charge on any atom is -0.505 e. The Morgan fingerprint density at radius 3 is 2.67 bits per heavy atom. The van der Waals surface area contributed by atoms with Gasteiger partial charge in [0.2, 0.25) is 0 Å². The average Bonchev–Trinajstić information content (AvgIpc) is 3.13. The van der Waals surface area contributed by atoms with E-state index in [1.807, 2.05) is 32.0 Å². The first-order valence-corrected chi connectivity index (χ1v) is 9.83. The van der Waals surface area contributed by atoms with E-state index in [-0.39, 0.29) is 17.6 Å². The maximum atomic E-state index is 11.0. The van der Waals surface area contributed by atoms with Crippen LogP contribution in [0.2, 0.25) is 0 Å². The van der Waals surface area contributed by atoms with Crippen molar-refractivity contribution in [3.05, 3.63) is 42.0 Å². The van der Waals surface area contributed by atoms with E-state index < -0.39 is 0 Å². The number of hydrogen-bond acceptors (Lipinski definition) is 10. The number of azo groups is 1. The summed E-state index contributed by atoms with van der Waals surface area (Å²) in [5.41, 5.74) is 3.47. The van der Waals surface area contributed by atoms with Crippen LogP contribution in [0.4, 0.5) is 22.7 Å². The Balaban J connectivity index is 1.84. The smallest absolute Gasteiger partial charge is 0.152 e. The molecule has 4 N–H and O–H groups in total. The van der Waals surface area contributed by atoms with Gasteiger partial charge in [-0.1, -0.05) is 11.1 Å². The van der Waals surface area contributed by atoms with E-state index in [0.717, 1.165) is 22.3 Å². The maximum Gasteiger partial charge on any atom is 0.152 e. The second-order valence-corrected chi connectivity index (χ2v) is 7.51. The van der Waals surface area contributed by atoms with E-state index in [4.69, 9.17) is 9.99 Å². The fourth-order valence-electron chi connectivity index (χ4n) is 3.36. The second-order valence-electron chi connectivity index (χ2n) is 6.77. The quantitative estimate of drug-likeness (QED) is 0.166. The number of nitrogens with zero attached hydrogens (tertiary/aromatic N) is 2. The molecule has 0 saturated carbocycles. The number of hydrogen-bond donors (Lipinski definition) is 4. The molecule has 0 fully saturated rings. The molecule has 4 rings (SSSR count). The molecule has 10 heteroatoms. The van der Waals surface area contributed by atoms with Crippen LogP contribution in [0.3, 0.4) is 0 Å². The van der Waals surface area contributed by atoms with Gasteiger partial charge in [-0.25, -0.2) is 5.26 Å². The molecule has 0 bridgehead atoms. The monoisotopic (exact) mass is 428 g/mol. The van der Waals surface area contributed by atoms with Crippen molar-refractivity contribution in [2.75, 3.05) is 17.7 Å². The van der Waals surface area contributed by atoms with Crippen molar-refractivity contribution >= 4 is 45.6 Å². The van der Waals surface area contributed by atoms with Crippen molar-refractivity contribution < 1.29 is 24.5 Å². The van der Waals surface area contributed by atoms with Gasteiger partial charge in [-0.15, -0.1) is 14.6 Å². The number of phenolic OH excluding ortho intramolecular Hbond substituents is 1. The van der Waals surface area contributed by atoms with Crippen molar-refractivity contribution in [1.29, 1.82) is 0 Å². The van der Waals surface area contributed by atoms with Crippen LogP contribution in [-0.4, -0.2) is 23.6 Å². The fraction of sp³-hybridized carbons (Fsp3) is 0.200. The molecule has 1 atom stereocenters. The Bertz CT molecular complexity index is 1140. The predicted octanol–water partition coefficient (Wildman–Crippen LogP) is 5.89. The van der Waals surface area contributed by atoms with Crippen molar-refractivity contribution in [3.63, 3.8) is 0 Å². The summed E-state index contributed by atoms with van der Waals surface area (Å²) in [6.07, 6.45) is 0.0502. The Hall–Kier alpha value is -3.05. The summed E-state index contributed by atoms with van der Waals surface area (Å²) in [5.74, 6) is 0.487. The number of anilines is 2. The number of fused-ring (bicyclic) bond motifs is 3. The standard InChI is InChI=1S/C20H20N4O5S/c1-10-4-6-14(16(8-10)27-3)23-24-19-17(30-29-28-26)9-13-12(20(19)25)5-7-15-18(13)22-11(2)21-15/h4-9,11,21-22,25-26H,1-3H3. The van der Waals surface area contributed by atoms with Crippen molar-refractivity contribution in [1.82, 2.24) is 0 Å². The van der Waals surface area contributed by atoms with Crippen LogP contribution in [0.25, 0.3) is 10.8 Å². The van der Waals surface area contributed by atoms with Crippen LogP contribution in [0.5, 0.6) is 11.5 Å². The zero-order valence-electron chi connectivity index (χ0n) is 16.5. The number of nitrogens with one attached hydrogen (secondary N) is 2. The molecule has 30 heavy (non-hydrogen) atoms. The van der Waals surface area contributed by atoms with E-state index >= 15 is 0 Å².